The monoisotopic (exact) mass is 215 g/mol. The van der Waals surface area contributed by atoms with Crippen LogP contribution < -0.4 is 10.1 Å². The van der Waals surface area contributed by atoms with Gasteiger partial charge in [-0.3, -0.25) is 0 Å². The van der Waals surface area contributed by atoms with Crippen LogP contribution >= 0.6 is 0 Å². The lowest BCUT2D eigenvalue weighted by Crippen LogP contribution is -1.97. The van der Waals surface area contributed by atoms with E-state index in [2.05, 4.69) is 15.3 Å². The number of benzene rings is 1. The summed E-state index contributed by atoms with van der Waals surface area (Å²) in [5, 5.41) is 2.93. The van der Waals surface area contributed by atoms with Crippen LogP contribution in [-0.4, -0.2) is 17.0 Å². The molecule has 0 aliphatic carbocycles. The van der Waals surface area contributed by atoms with Crippen molar-refractivity contribution >= 4 is 5.82 Å². The zero-order valence-electron chi connectivity index (χ0n) is 9.27. The quantitative estimate of drug-likeness (QED) is 0.855. The van der Waals surface area contributed by atoms with Crippen molar-refractivity contribution in [1.29, 1.82) is 0 Å². The number of aryl methyl sites for hydroxylation is 1. The average Bonchev–Trinajstić information content (AvgIpc) is 2.33. The Kier molecular flexibility index (Phi) is 3.00. The Morgan fingerprint density at radius 1 is 1.06 bits per heavy atom. The topological polar surface area (TPSA) is 47.0 Å². The summed E-state index contributed by atoms with van der Waals surface area (Å²) < 4.78 is 5.62. The third-order valence-corrected chi connectivity index (χ3v) is 2.14. The molecule has 4 heteroatoms. The van der Waals surface area contributed by atoms with Crippen molar-refractivity contribution in [3.63, 3.8) is 0 Å². The van der Waals surface area contributed by atoms with Gasteiger partial charge in [-0.15, -0.1) is 0 Å². The molecular weight excluding hydrogens is 202 g/mol. The highest BCUT2D eigenvalue weighted by atomic mass is 16.5. The minimum atomic E-state index is 0.480. The largest absolute Gasteiger partial charge is 0.436 e. The maximum Gasteiger partial charge on any atom is 0.262 e. The Morgan fingerprint density at radius 3 is 2.44 bits per heavy atom. The lowest BCUT2D eigenvalue weighted by Gasteiger charge is -2.08. The van der Waals surface area contributed by atoms with Crippen LogP contribution in [0.5, 0.6) is 11.6 Å². The van der Waals surface area contributed by atoms with E-state index in [-0.39, 0.29) is 0 Å². The van der Waals surface area contributed by atoms with Gasteiger partial charge in [0.25, 0.3) is 5.88 Å². The summed E-state index contributed by atoms with van der Waals surface area (Å²) in [5.74, 6) is 1.86. The molecule has 0 aliphatic rings. The summed E-state index contributed by atoms with van der Waals surface area (Å²) in [6, 6.07) is 7.79. The van der Waals surface area contributed by atoms with Gasteiger partial charge in [-0.25, -0.2) is 9.97 Å². The van der Waals surface area contributed by atoms with Crippen LogP contribution in [0.4, 0.5) is 5.82 Å². The normalized spacial score (nSPS) is 9.88. The van der Waals surface area contributed by atoms with E-state index in [4.69, 9.17) is 4.74 Å². The minimum absolute atomic E-state index is 0.480. The SMILES string of the molecule is CNc1nccnc1Oc1ccc(C)cc1. The zero-order chi connectivity index (χ0) is 11.4. The Labute approximate surface area is 94.3 Å². The molecule has 0 fully saturated rings. The zero-order valence-corrected chi connectivity index (χ0v) is 9.27. The number of ether oxygens (including phenoxy) is 1. The number of aromatic nitrogens is 2. The Hall–Kier alpha value is -2.10. The molecule has 1 N–H and O–H groups in total. The summed E-state index contributed by atoms with van der Waals surface area (Å²) in [5.41, 5.74) is 1.19. The maximum absolute atomic E-state index is 5.62. The molecule has 0 unspecified atom stereocenters. The van der Waals surface area contributed by atoms with Gasteiger partial charge in [0.1, 0.15) is 5.75 Å². The number of rotatable bonds is 3. The molecule has 4 nitrogen and oxygen atoms in total. The van der Waals surface area contributed by atoms with E-state index >= 15 is 0 Å². The molecule has 0 amide bonds. The van der Waals surface area contributed by atoms with E-state index in [1.54, 1.807) is 19.4 Å². The first kappa shape index (κ1) is 10.4. The van der Waals surface area contributed by atoms with Crippen molar-refractivity contribution in [2.75, 3.05) is 12.4 Å². The minimum Gasteiger partial charge on any atom is -0.436 e. The summed E-state index contributed by atoms with van der Waals surface area (Å²) in [6.07, 6.45) is 3.22. The molecule has 2 aromatic rings. The number of nitrogens with one attached hydrogen (secondary N) is 1. The van der Waals surface area contributed by atoms with Crippen LogP contribution in [0.15, 0.2) is 36.7 Å². The smallest absolute Gasteiger partial charge is 0.262 e. The first-order chi connectivity index (χ1) is 7.79. The van der Waals surface area contributed by atoms with E-state index in [1.165, 1.54) is 5.56 Å². The fourth-order valence-electron chi connectivity index (χ4n) is 1.29. The van der Waals surface area contributed by atoms with Gasteiger partial charge in [0.2, 0.25) is 0 Å². The van der Waals surface area contributed by atoms with Crippen LogP contribution in [0.3, 0.4) is 0 Å². The van der Waals surface area contributed by atoms with E-state index in [0.29, 0.717) is 11.7 Å². The highest BCUT2D eigenvalue weighted by molar-refractivity contribution is 5.46. The molecule has 1 aromatic carbocycles. The summed E-state index contributed by atoms with van der Waals surface area (Å²) in [6.45, 7) is 2.03. The van der Waals surface area contributed by atoms with Gasteiger partial charge in [-0.1, -0.05) is 17.7 Å². The first-order valence-electron chi connectivity index (χ1n) is 5.03. The van der Waals surface area contributed by atoms with Gasteiger partial charge in [0.15, 0.2) is 5.82 Å². The van der Waals surface area contributed by atoms with Crippen LogP contribution in [0, 0.1) is 6.92 Å². The fraction of sp³-hybridized carbons (Fsp3) is 0.167. The van der Waals surface area contributed by atoms with Crippen molar-refractivity contribution in [1.82, 2.24) is 9.97 Å². The number of hydrogen-bond acceptors (Lipinski definition) is 4. The highest BCUT2D eigenvalue weighted by Crippen LogP contribution is 2.24. The van der Waals surface area contributed by atoms with E-state index in [1.807, 2.05) is 31.2 Å². The lowest BCUT2D eigenvalue weighted by molar-refractivity contribution is 0.462. The van der Waals surface area contributed by atoms with Gasteiger partial charge in [0.05, 0.1) is 0 Å². The first-order valence-corrected chi connectivity index (χ1v) is 5.03. The van der Waals surface area contributed by atoms with Crippen molar-refractivity contribution < 1.29 is 4.74 Å². The molecule has 1 heterocycles. The third kappa shape index (κ3) is 2.28. The fourth-order valence-corrected chi connectivity index (χ4v) is 1.29. The third-order valence-electron chi connectivity index (χ3n) is 2.14. The molecule has 0 aliphatic heterocycles. The van der Waals surface area contributed by atoms with Crippen LogP contribution in [-0.2, 0) is 0 Å². The Morgan fingerprint density at radius 2 is 1.75 bits per heavy atom. The van der Waals surface area contributed by atoms with Gasteiger partial charge >= 0.3 is 0 Å². The maximum atomic E-state index is 5.62. The molecular formula is C12H13N3O. The van der Waals surface area contributed by atoms with Crippen molar-refractivity contribution in [3.05, 3.63) is 42.2 Å². The van der Waals surface area contributed by atoms with Gasteiger partial charge in [0, 0.05) is 19.4 Å². The Bertz CT molecular complexity index is 468. The molecule has 2 rings (SSSR count). The lowest BCUT2D eigenvalue weighted by atomic mass is 10.2. The van der Waals surface area contributed by atoms with Crippen molar-refractivity contribution in [2.45, 2.75) is 6.92 Å². The molecule has 1 aromatic heterocycles. The second kappa shape index (κ2) is 4.61. The van der Waals surface area contributed by atoms with Gasteiger partial charge < -0.3 is 10.1 Å². The molecule has 16 heavy (non-hydrogen) atoms. The number of anilines is 1. The van der Waals surface area contributed by atoms with Crippen LogP contribution in [0.2, 0.25) is 0 Å². The summed E-state index contributed by atoms with van der Waals surface area (Å²) >= 11 is 0. The van der Waals surface area contributed by atoms with E-state index in [9.17, 15) is 0 Å². The number of nitrogens with zero attached hydrogens (tertiary/aromatic N) is 2. The van der Waals surface area contributed by atoms with Crippen LogP contribution in [0.25, 0.3) is 0 Å². The predicted octanol–water partition coefficient (Wildman–Crippen LogP) is 2.62. The van der Waals surface area contributed by atoms with E-state index in [0.717, 1.165) is 5.75 Å². The van der Waals surface area contributed by atoms with E-state index < -0.39 is 0 Å². The predicted molar refractivity (Wildman–Crippen MR) is 62.8 cm³/mol. The van der Waals surface area contributed by atoms with Gasteiger partial charge in [-0.2, -0.15) is 0 Å². The standard InChI is InChI=1S/C12H13N3O/c1-9-3-5-10(6-4-9)16-12-11(13-2)14-7-8-15-12/h3-8H,1-2H3,(H,13,14). The van der Waals surface area contributed by atoms with Crippen LogP contribution in [0.1, 0.15) is 5.56 Å². The molecule has 0 bridgehead atoms. The second-order valence-electron chi connectivity index (χ2n) is 3.38. The second-order valence-corrected chi connectivity index (χ2v) is 3.38. The molecule has 0 spiro atoms. The van der Waals surface area contributed by atoms with Gasteiger partial charge in [-0.05, 0) is 19.1 Å². The summed E-state index contributed by atoms with van der Waals surface area (Å²) in [4.78, 5) is 8.23. The summed E-state index contributed by atoms with van der Waals surface area (Å²) in [7, 11) is 1.78. The van der Waals surface area contributed by atoms with Crippen molar-refractivity contribution in [3.8, 4) is 11.6 Å². The molecule has 0 atom stereocenters. The molecule has 0 radical (unpaired) electrons. The average molecular weight is 215 g/mol. The molecule has 0 saturated heterocycles. The molecule has 0 saturated carbocycles. The highest BCUT2D eigenvalue weighted by Gasteiger charge is 2.05. The number of hydrogen-bond donors (Lipinski definition) is 1. The molecule has 82 valence electrons. The Balaban J connectivity index is 2.23. The van der Waals surface area contributed by atoms with Crippen molar-refractivity contribution in [2.24, 2.45) is 0 Å².